The molecule has 3 rings (SSSR count). The minimum Gasteiger partial charge on any atom is -0.491 e. The van der Waals surface area contributed by atoms with E-state index in [0.717, 1.165) is 5.56 Å². The van der Waals surface area contributed by atoms with E-state index >= 15 is 0 Å². The summed E-state index contributed by atoms with van der Waals surface area (Å²) in [7, 11) is -2.01. The number of aromatic nitrogens is 1. The normalized spacial score (nSPS) is 15.1. The van der Waals surface area contributed by atoms with Crippen LogP contribution >= 0.6 is 0 Å². The molecule has 9 heteroatoms. The zero-order chi connectivity index (χ0) is 20.9. The number of rotatable bonds is 7. The zero-order valence-electron chi connectivity index (χ0n) is 16.5. The number of methoxy groups -OCH3 is 1. The van der Waals surface area contributed by atoms with Crippen LogP contribution in [0.2, 0.25) is 0 Å². The molecular formula is C20H24N4O4S. The summed E-state index contributed by atoms with van der Waals surface area (Å²) in [4.78, 5) is 6.48. The molecule has 8 nitrogen and oxygen atoms in total. The molecule has 0 aliphatic carbocycles. The largest absolute Gasteiger partial charge is 0.491 e. The van der Waals surface area contributed by atoms with Gasteiger partial charge < -0.3 is 14.4 Å². The topological polar surface area (TPSA) is 95.8 Å². The smallest absolute Gasteiger partial charge is 0.243 e. The third-order valence-electron chi connectivity index (χ3n) is 4.77. The van der Waals surface area contributed by atoms with Crippen LogP contribution in [0.1, 0.15) is 11.1 Å². The molecule has 0 unspecified atom stereocenters. The van der Waals surface area contributed by atoms with Gasteiger partial charge in [-0.05, 0) is 42.8 Å². The molecule has 0 N–H and O–H groups in total. The Morgan fingerprint density at radius 1 is 1.17 bits per heavy atom. The van der Waals surface area contributed by atoms with Gasteiger partial charge in [-0.2, -0.15) is 9.57 Å². The average molecular weight is 417 g/mol. The first kappa shape index (κ1) is 21.0. The van der Waals surface area contributed by atoms with Gasteiger partial charge in [-0.3, -0.25) is 0 Å². The van der Waals surface area contributed by atoms with Crippen LogP contribution in [0.4, 0.5) is 5.82 Å². The lowest BCUT2D eigenvalue weighted by Crippen LogP contribution is -2.49. The Balaban J connectivity index is 1.70. The van der Waals surface area contributed by atoms with Crippen LogP contribution in [0.5, 0.6) is 5.75 Å². The summed E-state index contributed by atoms with van der Waals surface area (Å²) in [6.45, 7) is 4.30. The second kappa shape index (κ2) is 9.22. The van der Waals surface area contributed by atoms with Crippen molar-refractivity contribution >= 4 is 15.8 Å². The van der Waals surface area contributed by atoms with Crippen molar-refractivity contribution in [1.82, 2.24) is 9.29 Å². The number of hydrogen-bond donors (Lipinski definition) is 0. The van der Waals surface area contributed by atoms with Crippen molar-refractivity contribution < 1.29 is 17.9 Å². The lowest BCUT2D eigenvalue weighted by Gasteiger charge is -2.35. The molecule has 0 radical (unpaired) electrons. The van der Waals surface area contributed by atoms with Crippen LogP contribution < -0.4 is 9.64 Å². The number of nitrogens with zero attached hydrogens (tertiary/aromatic N) is 4. The Morgan fingerprint density at radius 2 is 1.93 bits per heavy atom. The van der Waals surface area contributed by atoms with Crippen LogP contribution in [-0.4, -0.2) is 64.2 Å². The fraction of sp³-hybridized carbons (Fsp3) is 0.400. The van der Waals surface area contributed by atoms with Crippen molar-refractivity contribution in [2.24, 2.45) is 0 Å². The molecule has 1 fully saturated rings. The number of ether oxygens (including phenoxy) is 2. The molecule has 29 heavy (non-hydrogen) atoms. The predicted molar refractivity (Wildman–Crippen MR) is 108 cm³/mol. The highest BCUT2D eigenvalue weighted by atomic mass is 32.2. The van der Waals surface area contributed by atoms with E-state index in [2.05, 4.69) is 11.1 Å². The maximum Gasteiger partial charge on any atom is 0.243 e. The number of anilines is 1. The second-order valence-electron chi connectivity index (χ2n) is 6.65. The van der Waals surface area contributed by atoms with E-state index in [1.54, 1.807) is 43.6 Å². The number of pyridine rings is 1. The molecule has 0 saturated carbocycles. The summed E-state index contributed by atoms with van der Waals surface area (Å²) in [6, 6.07) is 10.5. The highest BCUT2D eigenvalue weighted by Gasteiger charge is 2.30. The van der Waals surface area contributed by atoms with Gasteiger partial charge in [0.05, 0.1) is 17.1 Å². The lowest BCUT2D eigenvalue weighted by atomic mass is 10.2. The molecule has 2 heterocycles. The van der Waals surface area contributed by atoms with Crippen LogP contribution in [0.3, 0.4) is 0 Å². The van der Waals surface area contributed by atoms with Crippen molar-refractivity contribution in [2.45, 2.75) is 11.8 Å². The summed E-state index contributed by atoms with van der Waals surface area (Å²) in [6.07, 6.45) is 1.64. The maximum absolute atomic E-state index is 13.1. The number of piperazine rings is 1. The van der Waals surface area contributed by atoms with Crippen molar-refractivity contribution in [3.8, 4) is 11.8 Å². The molecule has 2 aromatic rings. The summed E-state index contributed by atoms with van der Waals surface area (Å²) < 4.78 is 38.1. The molecule has 1 saturated heterocycles. The Kier molecular flexibility index (Phi) is 6.69. The standard InChI is InChI=1S/C20H24N4O4S/c1-16-14-18(5-6-19(16)28-13-12-27-2)29(25,26)24-10-8-23(9-11-24)20-17(15-21)4-3-7-22-20/h3-7,14H,8-13H2,1-2H3. The SMILES string of the molecule is COCCOc1ccc(S(=O)(=O)N2CCN(c3ncccc3C#N)CC2)cc1C. The molecule has 1 aromatic carbocycles. The molecule has 1 aromatic heterocycles. The van der Waals surface area contributed by atoms with Crippen LogP contribution in [0.25, 0.3) is 0 Å². The maximum atomic E-state index is 13.1. The summed E-state index contributed by atoms with van der Waals surface area (Å²) >= 11 is 0. The second-order valence-corrected chi connectivity index (χ2v) is 8.58. The Hall–Kier alpha value is -2.67. The Morgan fingerprint density at radius 3 is 2.59 bits per heavy atom. The van der Waals surface area contributed by atoms with Crippen molar-refractivity contribution in [1.29, 1.82) is 5.26 Å². The van der Waals surface area contributed by atoms with Crippen molar-refractivity contribution in [3.05, 3.63) is 47.7 Å². The molecule has 0 bridgehead atoms. The minimum atomic E-state index is -3.61. The highest BCUT2D eigenvalue weighted by Crippen LogP contribution is 2.26. The molecule has 0 spiro atoms. The summed E-state index contributed by atoms with van der Waals surface area (Å²) in [5.74, 6) is 1.24. The third kappa shape index (κ3) is 4.67. The zero-order valence-corrected chi connectivity index (χ0v) is 17.4. The number of hydrogen-bond acceptors (Lipinski definition) is 7. The van der Waals surface area contributed by atoms with Crippen LogP contribution in [0, 0.1) is 18.3 Å². The van der Waals surface area contributed by atoms with E-state index in [1.165, 1.54) is 4.31 Å². The van der Waals surface area contributed by atoms with E-state index in [9.17, 15) is 13.7 Å². The highest BCUT2D eigenvalue weighted by molar-refractivity contribution is 7.89. The fourth-order valence-corrected chi connectivity index (χ4v) is 4.71. The molecule has 1 aliphatic rings. The molecule has 0 amide bonds. The monoisotopic (exact) mass is 416 g/mol. The van der Waals surface area contributed by atoms with Crippen LogP contribution in [-0.2, 0) is 14.8 Å². The number of benzene rings is 1. The first-order chi connectivity index (χ1) is 14.0. The van der Waals surface area contributed by atoms with Gasteiger partial charge in [0.2, 0.25) is 10.0 Å². The van der Waals surface area contributed by atoms with E-state index in [0.29, 0.717) is 56.5 Å². The fourth-order valence-electron chi connectivity index (χ4n) is 3.20. The van der Waals surface area contributed by atoms with Gasteiger partial charge >= 0.3 is 0 Å². The first-order valence-corrected chi connectivity index (χ1v) is 10.7. The van der Waals surface area contributed by atoms with Gasteiger partial charge in [-0.1, -0.05) is 0 Å². The lowest BCUT2D eigenvalue weighted by molar-refractivity contribution is 0.146. The summed E-state index contributed by atoms with van der Waals surface area (Å²) in [5.41, 5.74) is 1.25. The Bertz CT molecular complexity index is 996. The molecular weight excluding hydrogens is 392 g/mol. The van der Waals surface area contributed by atoms with Crippen molar-refractivity contribution in [2.75, 3.05) is 51.4 Å². The van der Waals surface area contributed by atoms with Crippen molar-refractivity contribution in [3.63, 3.8) is 0 Å². The van der Waals surface area contributed by atoms with E-state index in [4.69, 9.17) is 9.47 Å². The average Bonchev–Trinajstić information content (AvgIpc) is 2.75. The van der Waals surface area contributed by atoms with Gasteiger partial charge in [0.25, 0.3) is 0 Å². The Labute approximate surface area is 171 Å². The minimum absolute atomic E-state index is 0.248. The van der Waals surface area contributed by atoms with Gasteiger partial charge in [0, 0.05) is 39.5 Å². The molecule has 154 valence electrons. The quantitative estimate of drug-likeness (QED) is 0.635. The van der Waals surface area contributed by atoms with Gasteiger partial charge in [-0.15, -0.1) is 0 Å². The summed E-state index contributed by atoms with van der Waals surface area (Å²) in [5, 5.41) is 9.26. The first-order valence-electron chi connectivity index (χ1n) is 9.30. The van der Waals surface area contributed by atoms with Gasteiger partial charge in [0.1, 0.15) is 24.2 Å². The predicted octanol–water partition coefficient (Wildman–Crippen LogP) is 1.80. The van der Waals surface area contributed by atoms with E-state index in [1.807, 2.05) is 11.8 Å². The van der Waals surface area contributed by atoms with E-state index < -0.39 is 10.0 Å². The third-order valence-corrected chi connectivity index (χ3v) is 6.67. The van der Waals surface area contributed by atoms with Gasteiger partial charge in [-0.25, -0.2) is 13.4 Å². The van der Waals surface area contributed by atoms with E-state index in [-0.39, 0.29) is 4.90 Å². The number of nitriles is 1. The number of sulfonamides is 1. The van der Waals surface area contributed by atoms with Gasteiger partial charge in [0.15, 0.2) is 0 Å². The number of aryl methyl sites for hydroxylation is 1. The van der Waals surface area contributed by atoms with Crippen LogP contribution in [0.15, 0.2) is 41.4 Å². The molecule has 0 atom stereocenters. The molecule has 1 aliphatic heterocycles.